The second-order valence-corrected chi connectivity index (χ2v) is 7.48. The highest BCUT2D eigenvalue weighted by atomic mass is 35.5. The number of carbonyl (C=O) groups excluding carboxylic acids is 1. The molecule has 1 atom stereocenters. The highest BCUT2D eigenvalue weighted by Crippen LogP contribution is 2.27. The van der Waals surface area contributed by atoms with E-state index in [0.717, 1.165) is 30.6 Å². The summed E-state index contributed by atoms with van der Waals surface area (Å²) in [5.74, 6) is 0.677. The molecule has 0 spiro atoms. The molecule has 0 aromatic heterocycles. The van der Waals surface area contributed by atoms with Crippen molar-refractivity contribution in [2.24, 2.45) is 4.99 Å². The van der Waals surface area contributed by atoms with Crippen molar-refractivity contribution in [1.29, 1.82) is 0 Å². The van der Waals surface area contributed by atoms with Crippen LogP contribution in [0.4, 0.5) is 5.69 Å². The molecular weight excluding hydrogens is 390 g/mol. The van der Waals surface area contributed by atoms with Gasteiger partial charge in [0.05, 0.1) is 25.4 Å². The number of anilines is 1. The van der Waals surface area contributed by atoms with Crippen molar-refractivity contribution in [1.82, 2.24) is 5.32 Å². The van der Waals surface area contributed by atoms with Crippen molar-refractivity contribution in [3.63, 3.8) is 0 Å². The van der Waals surface area contributed by atoms with Gasteiger partial charge in [-0.2, -0.15) is 0 Å². The lowest BCUT2D eigenvalue weighted by Gasteiger charge is -2.16. The number of aliphatic imine (C=N–C) groups is 1. The molecule has 2 aromatic carbocycles. The number of amides is 1. The lowest BCUT2D eigenvalue weighted by Crippen LogP contribution is -2.37. The molecule has 1 heterocycles. The Bertz CT molecular complexity index is 908. The molecule has 6 nitrogen and oxygen atoms in total. The van der Waals surface area contributed by atoms with Crippen molar-refractivity contribution in [2.45, 2.75) is 32.8 Å². The van der Waals surface area contributed by atoms with Crippen LogP contribution >= 0.6 is 11.6 Å². The van der Waals surface area contributed by atoms with Gasteiger partial charge >= 0.3 is 0 Å². The summed E-state index contributed by atoms with van der Waals surface area (Å²) < 4.78 is 11.0. The monoisotopic (exact) mass is 415 g/mol. The number of aryl methyl sites for hydroxylation is 2. The fourth-order valence-corrected chi connectivity index (χ4v) is 3.23. The molecule has 1 saturated heterocycles. The van der Waals surface area contributed by atoms with E-state index in [1.807, 2.05) is 26.0 Å². The van der Waals surface area contributed by atoms with Gasteiger partial charge in [-0.25, -0.2) is 4.99 Å². The summed E-state index contributed by atoms with van der Waals surface area (Å²) in [6.45, 7) is 5.20. The minimum Gasteiger partial charge on any atom is -0.495 e. The molecule has 1 aliphatic heterocycles. The number of halogens is 1. The molecule has 1 amide bonds. The zero-order chi connectivity index (χ0) is 20.8. The Morgan fingerprint density at radius 1 is 1.24 bits per heavy atom. The molecule has 29 heavy (non-hydrogen) atoms. The van der Waals surface area contributed by atoms with Crippen molar-refractivity contribution in [3.8, 4) is 5.75 Å². The molecule has 1 fully saturated rings. The van der Waals surface area contributed by atoms with Crippen LogP contribution in [0.3, 0.4) is 0 Å². The molecule has 154 valence electrons. The fraction of sp³-hybridized carbons (Fsp3) is 0.364. The van der Waals surface area contributed by atoms with Gasteiger partial charge in [0.2, 0.25) is 5.96 Å². The first-order chi connectivity index (χ1) is 14.0. The predicted molar refractivity (Wildman–Crippen MR) is 116 cm³/mol. The van der Waals surface area contributed by atoms with E-state index in [0.29, 0.717) is 34.5 Å². The van der Waals surface area contributed by atoms with E-state index in [1.54, 1.807) is 31.4 Å². The number of nitrogens with one attached hydrogen (secondary N) is 2. The third kappa shape index (κ3) is 5.71. The minimum absolute atomic E-state index is 0.0616. The van der Waals surface area contributed by atoms with Gasteiger partial charge < -0.3 is 14.8 Å². The largest absolute Gasteiger partial charge is 0.495 e. The lowest BCUT2D eigenvalue weighted by atomic mass is 10.1. The number of nitrogens with zero attached hydrogens (tertiary/aromatic N) is 1. The van der Waals surface area contributed by atoms with Crippen molar-refractivity contribution in [2.75, 3.05) is 25.6 Å². The maximum atomic E-state index is 12.8. The zero-order valence-electron chi connectivity index (χ0n) is 16.9. The molecule has 3 rings (SSSR count). The average Bonchev–Trinajstić information content (AvgIpc) is 3.22. The van der Waals surface area contributed by atoms with Crippen LogP contribution in [0.2, 0.25) is 5.02 Å². The van der Waals surface area contributed by atoms with Gasteiger partial charge in [-0.3, -0.25) is 10.1 Å². The summed E-state index contributed by atoms with van der Waals surface area (Å²) in [5, 5.41) is 6.56. The zero-order valence-corrected chi connectivity index (χ0v) is 17.7. The van der Waals surface area contributed by atoms with Crippen molar-refractivity contribution < 1.29 is 14.3 Å². The summed E-state index contributed by atoms with van der Waals surface area (Å²) >= 11 is 6.13. The maximum absolute atomic E-state index is 12.8. The lowest BCUT2D eigenvalue weighted by molar-refractivity contribution is 0.0975. The first-order valence-electron chi connectivity index (χ1n) is 9.61. The van der Waals surface area contributed by atoms with Gasteiger partial charge in [0.1, 0.15) is 5.75 Å². The number of hydrogen-bond donors (Lipinski definition) is 2. The number of guanidine groups is 1. The maximum Gasteiger partial charge on any atom is 0.257 e. The molecule has 0 aliphatic carbocycles. The fourth-order valence-electron chi connectivity index (χ4n) is 3.06. The third-order valence-electron chi connectivity index (χ3n) is 4.89. The van der Waals surface area contributed by atoms with Gasteiger partial charge in [0, 0.05) is 17.2 Å². The van der Waals surface area contributed by atoms with E-state index >= 15 is 0 Å². The quantitative estimate of drug-likeness (QED) is 0.562. The molecular formula is C22H26ClN3O3. The number of ether oxygens (including phenoxy) is 2. The number of methoxy groups -OCH3 is 1. The second-order valence-electron chi connectivity index (χ2n) is 7.05. The summed E-state index contributed by atoms with van der Waals surface area (Å²) in [6.07, 6.45) is 2.05. The van der Waals surface area contributed by atoms with Gasteiger partial charge in [0.25, 0.3) is 5.91 Å². The summed E-state index contributed by atoms with van der Waals surface area (Å²) in [5.41, 5.74) is 3.37. The molecule has 2 N–H and O–H groups in total. The van der Waals surface area contributed by atoms with Crippen LogP contribution < -0.4 is 15.4 Å². The van der Waals surface area contributed by atoms with E-state index in [-0.39, 0.29) is 12.0 Å². The first kappa shape index (κ1) is 21.1. The van der Waals surface area contributed by atoms with Crippen molar-refractivity contribution in [3.05, 3.63) is 58.1 Å². The molecule has 0 radical (unpaired) electrons. The Morgan fingerprint density at radius 3 is 2.76 bits per heavy atom. The van der Waals surface area contributed by atoms with Crippen LogP contribution in [0.5, 0.6) is 5.75 Å². The molecule has 7 heteroatoms. The molecule has 0 unspecified atom stereocenters. The Labute approximate surface area is 176 Å². The van der Waals surface area contributed by atoms with Crippen LogP contribution in [0.25, 0.3) is 0 Å². The molecule has 0 saturated carbocycles. The van der Waals surface area contributed by atoms with Gasteiger partial charge in [-0.1, -0.05) is 17.7 Å². The van der Waals surface area contributed by atoms with E-state index in [2.05, 4.69) is 15.6 Å². The molecule has 0 bridgehead atoms. The third-order valence-corrected chi connectivity index (χ3v) is 5.13. The Morgan fingerprint density at radius 2 is 2.07 bits per heavy atom. The van der Waals surface area contributed by atoms with Gasteiger partial charge in [-0.05, 0) is 68.1 Å². The van der Waals surface area contributed by atoms with Crippen LogP contribution in [-0.4, -0.2) is 38.2 Å². The Balaban J connectivity index is 1.82. The average molecular weight is 416 g/mol. The topological polar surface area (TPSA) is 71.9 Å². The number of hydrogen-bond acceptors (Lipinski definition) is 4. The number of benzene rings is 2. The highest BCUT2D eigenvalue weighted by molar-refractivity contribution is 6.31. The molecule has 2 aromatic rings. The SMILES string of the molecule is COc1ccc(Cl)cc1NC(=NC[C@@H]1CCCO1)NC(=O)c1ccc(C)c(C)c1. The highest BCUT2D eigenvalue weighted by Gasteiger charge is 2.17. The Hall–Kier alpha value is -2.57. The van der Waals surface area contributed by atoms with E-state index in [1.165, 1.54) is 0 Å². The van der Waals surface area contributed by atoms with Crippen LogP contribution in [0.1, 0.15) is 34.3 Å². The van der Waals surface area contributed by atoms with Crippen LogP contribution in [-0.2, 0) is 4.74 Å². The van der Waals surface area contributed by atoms with Crippen LogP contribution in [0, 0.1) is 13.8 Å². The predicted octanol–water partition coefficient (Wildman–Crippen LogP) is 4.34. The van der Waals surface area contributed by atoms with E-state index in [9.17, 15) is 4.79 Å². The standard InChI is InChI=1S/C22H26ClN3O3/c1-14-6-7-16(11-15(14)2)21(27)26-22(24-13-18-5-4-10-29-18)25-19-12-17(23)8-9-20(19)28-3/h6-9,11-12,18H,4-5,10,13H2,1-3H3,(H2,24,25,26,27)/t18-/m0/s1. The summed E-state index contributed by atoms with van der Waals surface area (Å²) in [7, 11) is 1.57. The Kier molecular flexibility index (Phi) is 7.12. The van der Waals surface area contributed by atoms with E-state index in [4.69, 9.17) is 21.1 Å². The summed E-state index contributed by atoms with van der Waals surface area (Å²) in [4.78, 5) is 17.4. The summed E-state index contributed by atoms with van der Waals surface area (Å²) in [6, 6.07) is 10.8. The van der Waals surface area contributed by atoms with Crippen molar-refractivity contribution >= 4 is 29.2 Å². The van der Waals surface area contributed by atoms with Crippen LogP contribution in [0.15, 0.2) is 41.4 Å². The minimum atomic E-state index is -0.243. The molecule has 1 aliphatic rings. The number of rotatable bonds is 5. The smallest absolute Gasteiger partial charge is 0.257 e. The normalized spacial score (nSPS) is 16.6. The first-order valence-corrected chi connectivity index (χ1v) is 9.99. The van der Waals surface area contributed by atoms with Gasteiger partial charge in [-0.15, -0.1) is 0 Å². The number of carbonyl (C=O) groups is 1. The van der Waals surface area contributed by atoms with Gasteiger partial charge in [0.15, 0.2) is 0 Å². The second kappa shape index (κ2) is 9.76. The van der Waals surface area contributed by atoms with E-state index < -0.39 is 0 Å².